The zero-order chi connectivity index (χ0) is 15.9. The van der Waals surface area contributed by atoms with E-state index in [-0.39, 0.29) is 18.6 Å². The smallest absolute Gasteiger partial charge is 0.251 e. The molecule has 0 aliphatic rings. The number of aliphatic hydroxyl groups excluding tert-OH is 1. The van der Waals surface area contributed by atoms with Crippen molar-refractivity contribution < 1.29 is 14.6 Å². The van der Waals surface area contributed by atoms with Crippen LogP contribution in [0.4, 0.5) is 0 Å². The van der Waals surface area contributed by atoms with Gasteiger partial charge in [0.2, 0.25) is 0 Å². The minimum absolute atomic E-state index is 0.134. The maximum absolute atomic E-state index is 12.3. The summed E-state index contributed by atoms with van der Waals surface area (Å²) in [5.74, 6) is 0.169. The lowest BCUT2D eigenvalue weighted by Crippen LogP contribution is -2.39. The van der Waals surface area contributed by atoms with E-state index in [2.05, 4.69) is 5.32 Å². The lowest BCUT2D eigenvalue weighted by atomic mass is 10.1. The van der Waals surface area contributed by atoms with Crippen LogP contribution in [0.15, 0.2) is 48.5 Å². The van der Waals surface area contributed by atoms with Crippen molar-refractivity contribution in [3.63, 3.8) is 0 Å². The van der Waals surface area contributed by atoms with Crippen LogP contribution < -0.4 is 10.1 Å². The van der Waals surface area contributed by atoms with Crippen LogP contribution in [0.5, 0.6) is 5.75 Å². The van der Waals surface area contributed by atoms with Crippen LogP contribution in [0, 0.1) is 0 Å². The van der Waals surface area contributed by atoms with E-state index in [1.807, 2.05) is 30.3 Å². The van der Waals surface area contributed by atoms with Gasteiger partial charge in [0.15, 0.2) is 0 Å². The molecule has 0 saturated heterocycles. The minimum Gasteiger partial charge on any atom is -0.495 e. The van der Waals surface area contributed by atoms with E-state index in [1.165, 1.54) is 7.11 Å². The van der Waals surface area contributed by atoms with Crippen molar-refractivity contribution in [2.75, 3.05) is 13.7 Å². The van der Waals surface area contributed by atoms with Gasteiger partial charge in [0.1, 0.15) is 5.75 Å². The van der Waals surface area contributed by atoms with Crippen LogP contribution in [0.1, 0.15) is 15.9 Å². The summed E-state index contributed by atoms with van der Waals surface area (Å²) in [6.07, 6.45) is 0.563. The second kappa shape index (κ2) is 7.82. The summed E-state index contributed by atoms with van der Waals surface area (Å²) in [5.41, 5.74) is 1.49. The number of carbonyl (C=O) groups is 1. The van der Waals surface area contributed by atoms with Gasteiger partial charge in [-0.05, 0) is 30.2 Å². The lowest BCUT2D eigenvalue weighted by Gasteiger charge is -2.17. The monoisotopic (exact) mass is 319 g/mol. The Morgan fingerprint density at radius 2 is 2.00 bits per heavy atom. The Labute approximate surface area is 134 Å². The molecule has 0 heterocycles. The summed E-state index contributed by atoms with van der Waals surface area (Å²) >= 11 is 5.94. The van der Waals surface area contributed by atoms with E-state index in [0.717, 1.165) is 5.56 Å². The van der Waals surface area contributed by atoms with Crippen LogP contribution in [0.3, 0.4) is 0 Å². The first-order chi connectivity index (χ1) is 10.6. The van der Waals surface area contributed by atoms with Crippen LogP contribution in [0.2, 0.25) is 5.02 Å². The summed E-state index contributed by atoms with van der Waals surface area (Å²) < 4.78 is 5.10. The predicted molar refractivity (Wildman–Crippen MR) is 86.5 cm³/mol. The molecule has 0 aliphatic heterocycles. The molecule has 0 fully saturated rings. The fourth-order valence-corrected chi connectivity index (χ4v) is 2.32. The van der Waals surface area contributed by atoms with Crippen LogP contribution >= 0.6 is 11.6 Å². The number of hydrogen-bond acceptors (Lipinski definition) is 3. The highest BCUT2D eigenvalue weighted by Gasteiger charge is 2.15. The van der Waals surface area contributed by atoms with Gasteiger partial charge in [0.05, 0.1) is 24.8 Å². The maximum atomic E-state index is 12.3. The SMILES string of the molecule is COc1cc(C(=O)N[C@H](CO)Cc2ccccc2)ccc1Cl. The van der Waals surface area contributed by atoms with Gasteiger partial charge in [-0.3, -0.25) is 4.79 Å². The molecule has 4 nitrogen and oxygen atoms in total. The molecule has 0 spiro atoms. The molecule has 0 bridgehead atoms. The molecule has 0 radical (unpaired) electrons. The van der Waals surface area contributed by atoms with Crippen molar-refractivity contribution in [2.45, 2.75) is 12.5 Å². The van der Waals surface area contributed by atoms with Gasteiger partial charge < -0.3 is 15.2 Å². The molecule has 22 heavy (non-hydrogen) atoms. The minimum atomic E-state index is -0.350. The second-order valence-electron chi connectivity index (χ2n) is 4.89. The van der Waals surface area contributed by atoms with Gasteiger partial charge in [0.25, 0.3) is 5.91 Å². The zero-order valence-electron chi connectivity index (χ0n) is 12.3. The van der Waals surface area contributed by atoms with Gasteiger partial charge >= 0.3 is 0 Å². The number of nitrogens with one attached hydrogen (secondary N) is 1. The Balaban J connectivity index is 2.06. The molecule has 0 aliphatic carbocycles. The van der Waals surface area contributed by atoms with E-state index in [4.69, 9.17) is 16.3 Å². The number of methoxy groups -OCH3 is 1. The van der Waals surface area contributed by atoms with E-state index in [1.54, 1.807) is 18.2 Å². The van der Waals surface area contributed by atoms with E-state index >= 15 is 0 Å². The summed E-state index contributed by atoms with van der Waals surface area (Å²) in [6, 6.07) is 14.2. The lowest BCUT2D eigenvalue weighted by molar-refractivity contribution is 0.0916. The Bertz CT molecular complexity index is 631. The number of carbonyl (C=O) groups excluding carboxylic acids is 1. The predicted octanol–water partition coefficient (Wildman–Crippen LogP) is 2.68. The molecule has 116 valence electrons. The zero-order valence-corrected chi connectivity index (χ0v) is 13.0. The summed E-state index contributed by atoms with van der Waals surface area (Å²) in [7, 11) is 1.49. The van der Waals surface area contributed by atoms with Gasteiger partial charge in [0, 0.05) is 5.56 Å². The summed E-state index contributed by atoms with van der Waals surface area (Å²) in [5, 5.41) is 12.7. The molecule has 5 heteroatoms. The molecule has 2 aromatic carbocycles. The average Bonchev–Trinajstić information content (AvgIpc) is 2.55. The van der Waals surface area contributed by atoms with E-state index in [9.17, 15) is 9.90 Å². The van der Waals surface area contributed by atoms with E-state index < -0.39 is 0 Å². The van der Waals surface area contributed by atoms with Crippen molar-refractivity contribution in [2.24, 2.45) is 0 Å². The molecule has 1 amide bonds. The molecule has 1 atom stereocenters. The second-order valence-corrected chi connectivity index (χ2v) is 5.30. The fraction of sp³-hybridized carbons (Fsp3) is 0.235. The number of ether oxygens (including phenoxy) is 1. The topological polar surface area (TPSA) is 58.6 Å². The normalized spacial score (nSPS) is 11.8. The van der Waals surface area contributed by atoms with Crippen molar-refractivity contribution in [3.8, 4) is 5.75 Å². The number of benzene rings is 2. The van der Waals surface area contributed by atoms with E-state index in [0.29, 0.717) is 22.8 Å². The first-order valence-corrected chi connectivity index (χ1v) is 7.31. The van der Waals surface area contributed by atoms with Gasteiger partial charge in [-0.2, -0.15) is 0 Å². The third-order valence-electron chi connectivity index (χ3n) is 3.29. The molecular weight excluding hydrogens is 302 g/mol. The molecule has 2 N–H and O–H groups in total. The Morgan fingerprint density at radius 1 is 1.27 bits per heavy atom. The third-order valence-corrected chi connectivity index (χ3v) is 3.61. The van der Waals surface area contributed by atoms with Crippen molar-refractivity contribution >= 4 is 17.5 Å². The number of hydrogen-bond donors (Lipinski definition) is 2. The number of halogens is 1. The molecule has 0 saturated carbocycles. The molecular formula is C17H18ClNO3. The van der Waals surface area contributed by atoms with Gasteiger partial charge in [-0.15, -0.1) is 0 Å². The number of amides is 1. The average molecular weight is 320 g/mol. The van der Waals surface area contributed by atoms with Crippen LogP contribution in [0.25, 0.3) is 0 Å². The summed E-state index contributed by atoms with van der Waals surface area (Å²) in [6.45, 7) is -0.134. The Hall–Kier alpha value is -2.04. The highest BCUT2D eigenvalue weighted by Crippen LogP contribution is 2.25. The van der Waals surface area contributed by atoms with Crippen LogP contribution in [-0.4, -0.2) is 30.8 Å². The first-order valence-electron chi connectivity index (χ1n) is 6.93. The molecule has 0 unspecified atom stereocenters. The maximum Gasteiger partial charge on any atom is 0.251 e. The Morgan fingerprint density at radius 3 is 2.64 bits per heavy atom. The highest BCUT2D eigenvalue weighted by atomic mass is 35.5. The molecule has 2 aromatic rings. The number of rotatable bonds is 6. The van der Waals surface area contributed by atoms with Gasteiger partial charge in [-0.25, -0.2) is 0 Å². The fourth-order valence-electron chi connectivity index (χ4n) is 2.13. The van der Waals surface area contributed by atoms with Gasteiger partial charge in [-0.1, -0.05) is 41.9 Å². The standard InChI is InChI=1S/C17H18ClNO3/c1-22-16-10-13(7-8-15(16)18)17(21)19-14(11-20)9-12-5-3-2-4-6-12/h2-8,10,14,20H,9,11H2,1H3,(H,19,21)/t14-/m0/s1. The largest absolute Gasteiger partial charge is 0.495 e. The van der Waals surface area contributed by atoms with Crippen molar-refractivity contribution in [3.05, 3.63) is 64.7 Å². The molecule has 0 aromatic heterocycles. The quantitative estimate of drug-likeness (QED) is 0.860. The summed E-state index contributed by atoms with van der Waals surface area (Å²) in [4.78, 5) is 12.3. The molecule has 2 rings (SSSR count). The van der Waals surface area contributed by atoms with Crippen LogP contribution in [-0.2, 0) is 6.42 Å². The third kappa shape index (κ3) is 4.23. The highest BCUT2D eigenvalue weighted by molar-refractivity contribution is 6.32. The first kappa shape index (κ1) is 16.3. The van der Waals surface area contributed by atoms with Crippen molar-refractivity contribution in [1.82, 2.24) is 5.32 Å². The van der Waals surface area contributed by atoms with Crippen molar-refractivity contribution in [1.29, 1.82) is 0 Å². The Kier molecular flexibility index (Phi) is 5.81. The number of aliphatic hydroxyl groups is 1.